The number of phosphoric ester groups is 1. The van der Waals surface area contributed by atoms with Crippen LogP contribution in [0.4, 0.5) is 0 Å². The molecule has 0 aliphatic carbocycles. The molecule has 4 N–H and O–H groups in total. The van der Waals surface area contributed by atoms with E-state index in [0.29, 0.717) is 12.8 Å². The van der Waals surface area contributed by atoms with E-state index in [1.807, 2.05) is 0 Å². The molecule has 0 rings (SSSR count). The van der Waals surface area contributed by atoms with Crippen molar-refractivity contribution in [2.75, 3.05) is 19.8 Å². The number of unbranched alkanes of at least 4 members (excludes halogenated alkanes) is 34. The van der Waals surface area contributed by atoms with E-state index in [1.165, 1.54) is 173 Å². The lowest BCUT2D eigenvalue weighted by Crippen LogP contribution is -2.43. The van der Waals surface area contributed by atoms with Crippen molar-refractivity contribution in [2.24, 2.45) is 0 Å². The Morgan fingerprint density at radius 2 is 0.825 bits per heavy atom. The van der Waals surface area contributed by atoms with E-state index in [2.05, 4.69) is 31.3 Å². The van der Waals surface area contributed by atoms with E-state index in [-0.39, 0.29) is 12.8 Å². The molecule has 63 heavy (non-hydrogen) atoms. The normalized spacial score (nSPS) is 13.6. The van der Waals surface area contributed by atoms with Gasteiger partial charge in [-0.1, -0.05) is 225 Å². The average molecular weight is 916 g/mol. The van der Waals surface area contributed by atoms with Crippen molar-refractivity contribution >= 4 is 25.7 Å². The monoisotopic (exact) mass is 916 g/mol. The number of nitrogens with one attached hydrogen (secondary N) is 1. The molecule has 0 bridgehead atoms. The van der Waals surface area contributed by atoms with Gasteiger partial charge in [-0.2, -0.15) is 0 Å². The van der Waals surface area contributed by atoms with Crippen LogP contribution in [0.2, 0.25) is 0 Å². The molecular weight excluding hydrogens is 818 g/mol. The predicted octanol–water partition coefficient (Wildman–Crippen LogP) is 14.4. The lowest BCUT2D eigenvalue weighted by atomic mass is 10.0. The van der Waals surface area contributed by atoms with E-state index >= 15 is 0 Å². The number of aliphatic hydroxyl groups excluding tert-OH is 1. The number of carbonyl (C=O) groups excluding carboxylic acids is 2. The summed E-state index contributed by atoms with van der Waals surface area (Å²) < 4.78 is 27.0. The first-order chi connectivity index (χ1) is 30.6. The van der Waals surface area contributed by atoms with Gasteiger partial charge in [0.2, 0.25) is 5.91 Å². The zero-order valence-corrected chi connectivity index (χ0v) is 41.5. The van der Waals surface area contributed by atoms with Crippen LogP contribution >= 0.6 is 7.82 Å². The number of hydrogen-bond acceptors (Lipinski definition) is 8. The number of allylic oxidation sites excluding steroid dienone is 2. The molecule has 0 aliphatic rings. The number of rotatable bonds is 50. The van der Waals surface area contributed by atoms with E-state index in [4.69, 9.17) is 13.8 Å². The maximum absolute atomic E-state index is 12.3. The lowest BCUT2D eigenvalue weighted by molar-refractivity contribution is -0.147. The van der Waals surface area contributed by atoms with Crippen LogP contribution in [0.5, 0.6) is 0 Å². The van der Waals surface area contributed by atoms with E-state index < -0.39 is 57.6 Å². The lowest BCUT2D eigenvalue weighted by Gasteiger charge is -2.18. The Kier molecular flexibility index (Phi) is 45.4. The van der Waals surface area contributed by atoms with Gasteiger partial charge in [0.15, 0.2) is 6.04 Å². The Balaban J connectivity index is 3.77. The zero-order valence-electron chi connectivity index (χ0n) is 40.7. The Bertz CT molecular complexity index is 1120. The molecule has 0 aromatic carbocycles. The number of ether oxygens (including phenoxy) is 1. The minimum absolute atomic E-state index is 0.144. The number of carboxylic acids is 1. The molecule has 0 aromatic rings. The first kappa shape index (κ1) is 61.2. The second kappa shape index (κ2) is 46.7. The van der Waals surface area contributed by atoms with Crippen LogP contribution in [0, 0.1) is 0 Å². The molecule has 0 fully saturated rings. The quantitative estimate of drug-likeness (QED) is 0.0199. The summed E-state index contributed by atoms with van der Waals surface area (Å²) >= 11 is 0. The predicted molar refractivity (Wildman–Crippen MR) is 259 cm³/mol. The van der Waals surface area contributed by atoms with E-state index in [9.17, 15) is 34.1 Å². The van der Waals surface area contributed by atoms with Crippen LogP contribution in [0.25, 0.3) is 0 Å². The summed E-state index contributed by atoms with van der Waals surface area (Å²) in [5.74, 6) is -2.36. The van der Waals surface area contributed by atoms with Gasteiger partial charge in [0, 0.05) is 12.8 Å². The average Bonchev–Trinajstić information content (AvgIpc) is 3.26. The van der Waals surface area contributed by atoms with Gasteiger partial charge >= 0.3 is 19.8 Å². The van der Waals surface area contributed by atoms with E-state index in [0.717, 1.165) is 51.4 Å². The molecular formula is C51H98NO10P. The fourth-order valence-electron chi connectivity index (χ4n) is 7.72. The Morgan fingerprint density at radius 1 is 0.492 bits per heavy atom. The number of hydrogen-bond donors (Lipinski definition) is 4. The molecule has 3 unspecified atom stereocenters. The van der Waals surface area contributed by atoms with Crippen molar-refractivity contribution in [3.63, 3.8) is 0 Å². The first-order valence-corrected chi connectivity index (χ1v) is 27.7. The summed E-state index contributed by atoms with van der Waals surface area (Å²) in [6, 6.07) is -1.55. The summed E-state index contributed by atoms with van der Waals surface area (Å²) in [6.45, 7) is 2.64. The molecule has 372 valence electrons. The fourth-order valence-corrected chi connectivity index (χ4v) is 8.50. The topological polar surface area (TPSA) is 169 Å². The minimum Gasteiger partial charge on any atom is -0.480 e. The van der Waals surface area contributed by atoms with Crippen LogP contribution in [0.1, 0.15) is 264 Å². The molecule has 0 aliphatic heterocycles. The van der Waals surface area contributed by atoms with Gasteiger partial charge in [-0.05, 0) is 38.5 Å². The number of aliphatic hydroxyl groups is 1. The van der Waals surface area contributed by atoms with Crippen molar-refractivity contribution in [3.05, 3.63) is 12.2 Å². The van der Waals surface area contributed by atoms with Gasteiger partial charge in [0.05, 0.1) is 13.2 Å². The maximum atomic E-state index is 12.3. The highest BCUT2D eigenvalue weighted by Crippen LogP contribution is 2.43. The van der Waals surface area contributed by atoms with Gasteiger partial charge in [0.25, 0.3) is 0 Å². The largest absolute Gasteiger partial charge is 0.480 e. The molecule has 0 saturated carbocycles. The Hall–Kier alpha value is -1.78. The van der Waals surface area contributed by atoms with Gasteiger partial charge in [-0.15, -0.1) is 0 Å². The van der Waals surface area contributed by atoms with Gasteiger partial charge in [-0.25, -0.2) is 9.36 Å². The summed E-state index contributed by atoms with van der Waals surface area (Å²) in [6.07, 6.45) is 49.5. The van der Waals surface area contributed by atoms with E-state index in [1.54, 1.807) is 0 Å². The number of carboxylic acid groups (broad SMARTS) is 1. The molecule has 0 radical (unpaired) electrons. The molecule has 3 atom stereocenters. The number of phosphoric acid groups is 1. The first-order valence-electron chi connectivity index (χ1n) is 26.2. The van der Waals surface area contributed by atoms with Crippen LogP contribution in [0.3, 0.4) is 0 Å². The molecule has 0 aromatic heterocycles. The smallest absolute Gasteiger partial charge is 0.472 e. The number of aliphatic carboxylic acids is 1. The Morgan fingerprint density at radius 3 is 1.21 bits per heavy atom. The summed E-state index contributed by atoms with van der Waals surface area (Å²) in [7, 11) is -4.76. The third-order valence-electron chi connectivity index (χ3n) is 11.8. The highest BCUT2D eigenvalue weighted by molar-refractivity contribution is 7.47. The van der Waals surface area contributed by atoms with Gasteiger partial charge < -0.3 is 25.2 Å². The maximum Gasteiger partial charge on any atom is 0.472 e. The fraction of sp³-hybridized carbons (Fsp3) is 0.902. The SMILES string of the molecule is CCCCCCCC/C=C\CCCCCCCCCC(=O)NC(COP(=O)(O)OCC(O)COC(=O)CCCCCCCCCCCCCCCCCCCCCCCC)C(=O)O. The van der Waals surface area contributed by atoms with Gasteiger partial charge in [-0.3, -0.25) is 18.6 Å². The standard InChI is InChI=1S/C51H98NO10P/c1-3-5-7-9-11-13-15-17-19-21-22-23-24-25-27-29-31-33-35-37-39-41-43-50(55)60-44-47(53)45-61-63(58,59)62-46-48(51(56)57)52-49(54)42-40-38-36-34-32-30-28-26-20-18-16-14-12-10-8-6-4-2/h18,20,47-48,53H,3-17,19,21-46H2,1-2H3,(H,52,54)(H,56,57)(H,58,59)/b20-18-. The zero-order chi connectivity index (χ0) is 46.3. The van der Waals surface area contributed by atoms with Crippen LogP contribution in [-0.4, -0.2) is 64.9 Å². The highest BCUT2D eigenvalue weighted by atomic mass is 31.2. The Labute approximate surface area is 386 Å². The molecule has 0 heterocycles. The number of amides is 1. The number of carbonyl (C=O) groups is 3. The summed E-state index contributed by atoms with van der Waals surface area (Å²) in [5.41, 5.74) is 0. The second-order valence-corrected chi connectivity index (χ2v) is 19.5. The highest BCUT2D eigenvalue weighted by Gasteiger charge is 2.28. The van der Waals surface area contributed by atoms with Crippen molar-refractivity contribution < 1.29 is 47.8 Å². The van der Waals surface area contributed by atoms with Crippen LogP contribution in [0.15, 0.2) is 12.2 Å². The molecule has 0 saturated heterocycles. The summed E-state index contributed by atoms with van der Waals surface area (Å²) in [5, 5.41) is 21.9. The second-order valence-electron chi connectivity index (χ2n) is 18.1. The summed E-state index contributed by atoms with van der Waals surface area (Å²) in [4.78, 5) is 46.1. The van der Waals surface area contributed by atoms with Gasteiger partial charge in [0.1, 0.15) is 12.7 Å². The van der Waals surface area contributed by atoms with Crippen molar-refractivity contribution in [2.45, 2.75) is 276 Å². The minimum atomic E-state index is -4.76. The molecule has 12 heteroatoms. The third-order valence-corrected chi connectivity index (χ3v) is 12.8. The molecule has 1 amide bonds. The van der Waals surface area contributed by atoms with Crippen molar-refractivity contribution in [1.29, 1.82) is 0 Å². The van der Waals surface area contributed by atoms with Crippen LogP contribution in [-0.2, 0) is 32.7 Å². The van der Waals surface area contributed by atoms with Crippen LogP contribution < -0.4 is 5.32 Å². The van der Waals surface area contributed by atoms with Crippen molar-refractivity contribution in [1.82, 2.24) is 5.32 Å². The molecule has 0 spiro atoms. The van der Waals surface area contributed by atoms with Crippen molar-refractivity contribution in [3.8, 4) is 0 Å². The third kappa shape index (κ3) is 46.5. The number of esters is 1. The molecule has 11 nitrogen and oxygen atoms in total.